The van der Waals surface area contributed by atoms with Gasteiger partial charge in [0, 0.05) is 24.7 Å². The monoisotopic (exact) mass is 532 g/mol. The molecule has 1 aromatic carbocycles. The Morgan fingerprint density at radius 1 is 1.05 bits per heavy atom. The summed E-state index contributed by atoms with van der Waals surface area (Å²) in [7, 11) is 1.82. The summed E-state index contributed by atoms with van der Waals surface area (Å²) in [5.41, 5.74) is 13.7. The molecule has 200 valence electrons. The van der Waals surface area contributed by atoms with Crippen LogP contribution in [0.2, 0.25) is 0 Å². The van der Waals surface area contributed by atoms with Gasteiger partial charge in [0.15, 0.2) is 30.2 Å². The Hall–Kier alpha value is -5.57. The number of nitrogens with two attached hydrogens (primary N) is 2. The Morgan fingerprint density at radius 3 is 2.44 bits per heavy atom. The molecule has 3 aromatic rings. The van der Waals surface area contributed by atoms with Crippen LogP contribution in [0, 0.1) is 22.7 Å². The maximum Gasteiger partial charge on any atom is 0.329 e. The van der Waals surface area contributed by atoms with E-state index >= 15 is 0 Å². The van der Waals surface area contributed by atoms with Crippen LogP contribution in [0.4, 0.5) is 17.5 Å². The first kappa shape index (κ1) is 28.0. The normalized spacial score (nSPS) is 11.1. The summed E-state index contributed by atoms with van der Waals surface area (Å²) in [6.07, 6.45) is 1.16. The minimum atomic E-state index is -1.21. The zero-order valence-corrected chi connectivity index (χ0v) is 20.8. The van der Waals surface area contributed by atoms with E-state index in [0.717, 1.165) is 5.69 Å². The molecule has 1 unspecified atom stereocenters. The van der Waals surface area contributed by atoms with Crippen molar-refractivity contribution < 1.29 is 23.9 Å². The number of ether oxygens (including phenoxy) is 2. The second-order valence-electron chi connectivity index (χ2n) is 8.05. The SMILES string of the molecule is CN(Cc1cnc2nc(N)nc(N)c2n1)c1ccc(C(=O)NC(CCC(=O)OCC#N)C(=O)OCC#N)cc1. The van der Waals surface area contributed by atoms with Gasteiger partial charge in [-0.2, -0.15) is 20.5 Å². The van der Waals surface area contributed by atoms with Crippen LogP contribution in [0.15, 0.2) is 30.5 Å². The number of amides is 1. The molecule has 0 aliphatic carbocycles. The molecule has 5 N–H and O–H groups in total. The fourth-order valence-electron chi connectivity index (χ4n) is 3.40. The molecule has 0 saturated carbocycles. The highest BCUT2D eigenvalue weighted by Crippen LogP contribution is 2.19. The van der Waals surface area contributed by atoms with Crippen LogP contribution in [0.5, 0.6) is 0 Å². The standard InChI is InChI=1S/C24H24N10O5/c1-34(13-15-12-29-21-19(30-15)20(27)32-24(28)33-21)16-4-2-14(3-5-16)22(36)31-17(23(37)39-11-9-26)6-7-18(35)38-10-8-25/h2-5,12,17H,6-7,10-11,13H2,1H3,(H,31,36)(H4,27,28,29,32,33). The van der Waals surface area contributed by atoms with Gasteiger partial charge >= 0.3 is 11.9 Å². The summed E-state index contributed by atoms with van der Waals surface area (Å²) in [5.74, 6) is -2.06. The van der Waals surface area contributed by atoms with Crippen LogP contribution in [0.25, 0.3) is 11.2 Å². The minimum Gasteiger partial charge on any atom is -0.450 e. The van der Waals surface area contributed by atoms with E-state index in [0.29, 0.717) is 17.8 Å². The van der Waals surface area contributed by atoms with Crippen LogP contribution in [0.3, 0.4) is 0 Å². The van der Waals surface area contributed by atoms with Gasteiger partial charge in [0.1, 0.15) is 18.2 Å². The average Bonchev–Trinajstić information content (AvgIpc) is 2.92. The van der Waals surface area contributed by atoms with Gasteiger partial charge in [-0.25, -0.2) is 14.8 Å². The first-order valence-electron chi connectivity index (χ1n) is 11.4. The fraction of sp³-hybridized carbons (Fsp3) is 0.292. The maximum atomic E-state index is 12.8. The number of nitrogens with one attached hydrogen (secondary N) is 1. The summed E-state index contributed by atoms with van der Waals surface area (Å²) in [5, 5.41) is 19.7. The first-order chi connectivity index (χ1) is 18.7. The number of carbonyl (C=O) groups excluding carboxylic acids is 3. The lowest BCUT2D eigenvalue weighted by Crippen LogP contribution is -2.42. The number of anilines is 3. The molecule has 0 fully saturated rings. The molecule has 3 rings (SSSR count). The maximum absolute atomic E-state index is 12.8. The number of hydrogen-bond donors (Lipinski definition) is 3. The van der Waals surface area contributed by atoms with Crippen molar-refractivity contribution >= 4 is 46.5 Å². The lowest BCUT2D eigenvalue weighted by molar-refractivity contribution is -0.146. The van der Waals surface area contributed by atoms with Gasteiger partial charge in [-0.1, -0.05) is 0 Å². The number of fused-ring (bicyclic) bond motifs is 1. The summed E-state index contributed by atoms with van der Waals surface area (Å²) in [4.78, 5) is 55.3. The van der Waals surface area contributed by atoms with E-state index in [2.05, 4.69) is 30.0 Å². The molecule has 2 aromatic heterocycles. The van der Waals surface area contributed by atoms with Crippen molar-refractivity contribution in [3.8, 4) is 12.1 Å². The van der Waals surface area contributed by atoms with Crippen LogP contribution in [-0.4, -0.2) is 64.1 Å². The highest BCUT2D eigenvalue weighted by molar-refractivity contribution is 5.97. The molecule has 0 saturated heterocycles. The second kappa shape index (κ2) is 13.1. The number of nitrogens with zero attached hydrogens (tertiary/aromatic N) is 7. The minimum absolute atomic E-state index is 0.00628. The van der Waals surface area contributed by atoms with Gasteiger partial charge in [-0.3, -0.25) is 9.59 Å². The molecule has 0 aliphatic rings. The summed E-state index contributed by atoms with van der Waals surface area (Å²) >= 11 is 0. The number of rotatable bonds is 11. The third-order valence-corrected chi connectivity index (χ3v) is 5.27. The Labute approximate surface area is 222 Å². The zero-order valence-electron chi connectivity index (χ0n) is 20.8. The molecular formula is C24H24N10O5. The molecule has 0 radical (unpaired) electrons. The molecule has 39 heavy (non-hydrogen) atoms. The van der Waals surface area contributed by atoms with E-state index in [-0.39, 0.29) is 35.8 Å². The quantitative estimate of drug-likeness (QED) is 0.280. The average molecular weight is 533 g/mol. The van der Waals surface area contributed by atoms with Gasteiger partial charge in [0.2, 0.25) is 5.95 Å². The highest BCUT2D eigenvalue weighted by Gasteiger charge is 2.24. The molecule has 0 aliphatic heterocycles. The Bertz CT molecular complexity index is 1450. The molecule has 2 heterocycles. The molecule has 15 nitrogen and oxygen atoms in total. The number of esters is 2. The van der Waals surface area contributed by atoms with Crippen LogP contribution < -0.4 is 21.7 Å². The first-order valence-corrected chi connectivity index (χ1v) is 11.4. The van der Waals surface area contributed by atoms with Crippen molar-refractivity contribution in [1.29, 1.82) is 10.5 Å². The second-order valence-corrected chi connectivity index (χ2v) is 8.05. The van der Waals surface area contributed by atoms with Gasteiger partial charge in [0.05, 0.1) is 18.4 Å². The predicted molar refractivity (Wildman–Crippen MR) is 136 cm³/mol. The molecule has 1 amide bonds. The molecular weight excluding hydrogens is 508 g/mol. The molecule has 1 atom stereocenters. The smallest absolute Gasteiger partial charge is 0.329 e. The van der Waals surface area contributed by atoms with E-state index in [1.165, 1.54) is 0 Å². The topological polar surface area (TPSA) is 236 Å². The van der Waals surface area contributed by atoms with Gasteiger partial charge < -0.3 is 31.2 Å². The molecule has 0 bridgehead atoms. The van der Waals surface area contributed by atoms with Crippen molar-refractivity contribution in [2.24, 2.45) is 0 Å². The van der Waals surface area contributed by atoms with Gasteiger partial charge in [0.25, 0.3) is 5.91 Å². The van der Waals surface area contributed by atoms with Crippen LogP contribution in [-0.2, 0) is 25.6 Å². The van der Waals surface area contributed by atoms with Crippen molar-refractivity contribution in [1.82, 2.24) is 25.3 Å². The van der Waals surface area contributed by atoms with Gasteiger partial charge in [-0.05, 0) is 30.7 Å². The van der Waals surface area contributed by atoms with Crippen molar-refractivity contribution in [2.45, 2.75) is 25.4 Å². The third-order valence-electron chi connectivity index (χ3n) is 5.27. The number of hydrogen-bond acceptors (Lipinski definition) is 14. The third kappa shape index (κ3) is 7.70. The van der Waals surface area contributed by atoms with Gasteiger partial charge in [-0.15, -0.1) is 0 Å². The number of aromatic nitrogens is 4. The summed E-state index contributed by atoms with van der Waals surface area (Å²) in [6, 6.07) is 8.63. The summed E-state index contributed by atoms with van der Waals surface area (Å²) in [6.45, 7) is -0.589. The summed E-state index contributed by atoms with van der Waals surface area (Å²) < 4.78 is 9.45. The number of carbonyl (C=O) groups is 3. The Balaban J connectivity index is 1.66. The zero-order chi connectivity index (χ0) is 28.4. The van der Waals surface area contributed by atoms with Crippen molar-refractivity contribution in [3.63, 3.8) is 0 Å². The van der Waals surface area contributed by atoms with Crippen molar-refractivity contribution in [2.75, 3.05) is 36.6 Å². The fourth-order valence-corrected chi connectivity index (χ4v) is 3.40. The highest BCUT2D eigenvalue weighted by atomic mass is 16.5. The Morgan fingerprint density at radius 2 is 1.74 bits per heavy atom. The van der Waals surface area contributed by atoms with E-state index in [1.54, 1.807) is 42.6 Å². The van der Waals surface area contributed by atoms with E-state index in [9.17, 15) is 14.4 Å². The number of benzene rings is 1. The molecule has 0 spiro atoms. The lowest BCUT2D eigenvalue weighted by Gasteiger charge is -2.20. The number of nitrogen functional groups attached to an aromatic ring is 2. The van der Waals surface area contributed by atoms with E-state index in [4.69, 9.17) is 26.7 Å². The van der Waals surface area contributed by atoms with Crippen LogP contribution >= 0.6 is 0 Å². The molecule has 15 heteroatoms. The van der Waals surface area contributed by atoms with E-state index < -0.39 is 37.1 Å². The van der Waals surface area contributed by atoms with E-state index in [1.807, 2.05) is 11.9 Å². The van der Waals surface area contributed by atoms with Crippen molar-refractivity contribution in [3.05, 3.63) is 41.7 Å². The largest absolute Gasteiger partial charge is 0.450 e. The number of nitriles is 2. The predicted octanol–water partition coefficient (Wildman–Crippen LogP) is 0.233. The Kier molecular flexibility index (Phi) is 9.42. The van der Waals surface area contributed by atoms with Crippen LogP contribution in [0.1, 0.15) is 28.9 Å². The lowest BCUT2D eigenvalue weighted by atomic mass is 10.1.